The number of rotatable bonds is 6. The van der Waals surface area contributed by atoms with Crippen LogP contribution in [0.15, 0.2) is 18.2 Å². The van der Waals surface area contributed by atoms with E-state index in [4.69, 9.17) is 5.84 Å². The van der Waals surface area contributed by atoms with Crippen LogP contribution in [0.2, 0.25) is 0 Å². The summed E-state index contributed by atoms with van der Waals surface area (Å²) < 4.78 is 14.0. The zero-order chi connectivity index (χ0) is 12.8. The number of nitrogens with two attached hydrogens (primary N) is 1. The molecule has 1 aromatic rings. The number of hydrazine groups is 1. The second kappa shape index (κ2) is 6.72. The molecule has 0 saturated heterocycles. The van der Waals surface area contributed by atoms with Crippen molar-refractivity contribution >= 4 is 0 Å². The third-order valence-corrected chi connectivity index (χ3v) is 3.22. The lowest BCUT2D eigenvalue weighted by molar-refractivity contribution is 0.385. The Morgan fingerprint density at radius 2 is 2.12 bits per heavy atom. The van der Waals surface area contributed by atoms with Crippen LogP contribution < -0.4 is 11.3 Å². The lowest BCUT2D eigenvalue weighted by Crippen LogP contribution is -2.30. The molecular formula is C14H23FN2. The van der Waals surface area contributed by atoms with Crippen LogP contribution in [0.1, 0.15) is 50.3 Å². The Kier molecular flexibility index (Phi) is 5.59. The molecule has 0 spiro atoms. The van der Waals surface area contributed by atoms with E-state index in [1.807, 2.05) is 12.1 Å². The molecular weight excluding hydrogens is 215 g/mol. The minimum Gasteiger partial charge on any atom is -0.271 e. The van der Waals surface area contributed by atoms with Gasteiger partial charge in [0.2, 0.25) is 0 Å². The Labute approximate surface area is 103 Å². The molecule has 1 aromatic carbocycles. The predicted octanol–water partition coefficient (Wildman–Crippen LogP) is 3.46. The molecule has 0 aliphatic rings. The van der Waals surface area contributed by atoms with Crippen molar-refractivity contribution in [2.45, 2.75) is 46.1 Å². The molecule has 96 valence electrons. The van der Waals surface area contributed by atoms with Gasteiger partial charge in [-0.2, -0.15) is 0 Å². The lowest BCUT2D eigenvalue weighted by Gasteiger charge is -2.21. The molecule has 3 heteroatoms. The van der Waals surface area contributed by atoms with Crippen LogP contribution in [0.3, 0.4) is 0 Å². The summed E-state index contributed by atoms with van der Waals surface area (Å²) in [5, 5.41) is 0. The number of nitrogens with one attached hydrogen (secondary N) is 1. The van der Waals surface area contributed by atoms with Gasteiger partial charge in [0.05, 0.1) is 0 Å². The number of halogens is 1. The van der Waals surface area contributed by atoms with E-state index in [2.05, 4.69) is 19.3 Å². The Morgan fingerprint density at radius 3 is 2.71 bits per heavy atom. The van der Waals surface area contributed by atoms with Crippen molar-refractivity contribution in [3.63, 3.8) is 0 Å². The second-order valence-corrected chi connectivity index (χ2v) is 4.83. The third-order valence-electron chi connectivity index (χ3n) is 3.22. The average Bonchev–Trinajstić information content (AvgIpc) is 2.30. The Bertz CT molecular complexity index is 352. The SMILES string of the molecule is CCCC(C)CC(NN)c1cccc(C)c1F. The van der Waals surface area contributed by atoms with Gasteiger partial charge in [0.25, 0.3) is 0 Å². The topological polar surface area (TPSA) is 38.0 Å². The maximum Gasteiger partial charge on any atom is 0.130 e. The first kappa shape index (κ1) is 14.1. The normalized spacial score (nSPS) is 14.6. The monoisotopic (exact) mass is 238 g/mol. The first-order valence-electron chi connectivity index (χ1n) is 6.31. The molecule has 0 bridgehead atoms. The zero-order valence-electron chi connectivity index (χ0n) is 11.0. The van der Waals surface area contributed by atoms with Gasteiger partial charge in [-0.15, -0.1) is 0 Å². The molecule has 0 aromatic heterocycles. The predicted molar refractivity (Wildman–Crippen MR) is 69.9 cm³/mol. The molecule has 0 heterocycles. The van der Waals surface area contributed by atoms with Crippen molar-refractivity contribution in [2.24, 2.45) is 11.8 Å². The highest BCUT2D eigenvalue weighted by Gasteiger charge is 2.17. The summed E-state index contributed by atoms with van der Waals surface area (Å²) in [7, 11) is 0. The average molecular weight is 238 g/mol. The summed E-state index contributed by atoms with van der Waals surface area (Å²) in [6, 6.07) is 5.37. The van der Waals surface area contributed by atoms with Gasteiger partial charge < -0.3 is 0 Å². The molecule has 0 fully saturated rings. The summed E-state index contributed by atoms with van der Waals surface area (Å²) in [6.45, 7) is 6.12. The zero-order valence-corrected chi connectivity index (χ0v) is 11.0. The van der Waals surface area contributed by atoms with Gasteiger partial charge in [-0.05, 0) is 24.8 Å². The molecule has 0 saturated carbocycles. The third kappa shape index (κ3) is 3.79. The van der Waals surface area contributed by atoms with E-state index < -0.39 is 0 Å². The van der Waals surface area contributed by atoms with Gasteiger partial charge >= 0.3 is 0 Å². The van der Waals surface area contributed by atoms with Crippen LogP contribution in [-0.4, -0.2) is 0 Å². The molecule has 0 aliphatic heterocycles. The van der Waals surface area contributed by atoms with Crippen molar-refractivity contribution < 1.29 is 4.39 Å². The number of benzene rings is 1. The fourth-order valence-corrected chi connectivity index (χ4v) is 2.24. The van der Waals surface area contributed by atoms with E-state index in [0.717, 1.165) is 19.3 Å². The van der Waals surface area contributed by atoms with Crippen LogP contribution >= 0.6 is 0 Å². The smallest absolute Gasteiger partial charge is 0.130 e. The summed E-state index contributed by atoms with van der Waals surface area (Å²) in [6.07, 6.45) is 3.16. The molecule has 0 aliphatic carbocycles. The molecule has 17 heavy (non-hydrogen) atoms. The molecule has 2 atom stereocenters. The summed E-state index contributed by atoms with van der Waals surface area (Å²) in [5.41, 5.74) is 4.08. The van der Waals surface area contributed by atoms with E-state index in [1.54, 1.807) is 13.0 Å². The number of aryl methyl sites for hydroxylation is 1. The van der Waals surface area contributed by atoms with E-state index >= 15 is 0 Å². The standard InChI is InChI=1S/C14H23FN2/c1-4-6-10(2)9-13(17-16)12-8-5-7-11(3)14(12)15/h5,7-8,10,13,17H,4,6,9,16H2,1-3H3. The molecule has 0 radical (unpaired) electrons. The van der Waals surface area contributed by atoms with Gasteiger partial charge in [0.1, 0.15) is 5.82 Å². The van der Waals surface area contributed by atoms with E-state index in [-0.39, 0.29) is 11.9 Å². The van der Waals surface area contributed by atoms with Crippen LogP contribution in [0, 0.1) is 18.7 Å². The van der Waals surface area contributed by atoms with Gasteiger partial charge in [0.15, 0.2) is 0 Å². The molecule has 0 amide bonds. The largest absolute Gasteiger partial charge is 0.271 e. The number of hydrogen-bond donors (Lipinski definition) is 2. The van der Waals surface area contributed by atoms with Crippen molar-refractivity contribution in [1.82, 2.24) is 5.43 Å². The first-order valence-corrected chi connectivity index (χ1v) is 6.31. The van der Waals surface area contributed by atoms with E-state index in [0.29, 0.717) is 17.0 Å². The van der Waals surface area contributed by atoms with Crippen molar-refractivity contribution in [1.29, 1.82) is 0 Å². The van der Waals surface area contributed by atoms with Crippen LogP contribution in [-0.2, 0) is 0 Å². The molecule has 1 rings (SSSR count). The van der Waals surface area contributed by atoms with Gasteiger partial charge in [-0.3, -0.25) is 11.3 Å². The molecule has 2 nitrogen and oxygen atoms in total. The van der Waals surface area contributed by atoms with Crippen LogP contribution in [0.5, 0.6) is 0 Å². The summed E-state index contributed by atoms with van der Waals surface area (Å²) in [5.74, 6) is 5.95. The highest BCUT2D eigenvalue weighted by molar-refractivity contribution is 5.27. The van der Waals surface area contributed by atoms with E-state index in [9.17, 15) is 4.39 Å². The Hall–Kier alpha value is -0.930. The Balaban J connectivity index is 2.82. The van der Waals surface area contributed by atoms with Gasteiger partial charge in [-0.1, -0.05) is 44.9 Å². The highest BCUT2D eigenvalue weighted by atomic mass is 19.1. The minimum atomic E-state index is -0.140. The Morgan fingerprint density at radius 1 is 1.41 bits per heavy atom. The van der Waals surface area contributed by atoms with Crippen molar-refractivity contribution in [3.8, 4) is 0 Å². The van der Waals surface area contributed by atoms with Crippen molar-refractivity contribution in [3.05, 3.63) is 35.1 Å². The highest BCUT2D eigenvalue weighted by Crippen LogP contribution is 2.26. The van der Waals surface area contributed by atoms with Crippen molar-refractivity contribution in [2.75, 3.05) is 0 Å². The quantitative estimate of drug-likeness (QED) is 0.588. The maximum atomic E-state index is 14.0. The first-order chi connectivity index (χ1) is 8.10. The summed E-state index contributed by atoms with van der Waals surface area (Å²) in [4.78, 5) is 0. The van der Waals surface area contributed by atoms with Gasteiger partial charge in [0, 0.05) is 11.6 Å². The lowest BCUT2D eigenvalue weighted by atomic mass is 9.92. The van der Waals surface area contributed by atoms with Crippen LogP contribution in [0.4, 0.5) is 4.39 Å². The fraction of sp³-hybridized carbons (Fsp3) is 0.571. The van der Waals surface area contributed by atoms with Crippen LogP contribution in [0.25, 0.3) is 0 Å². The molecule has 3 N–H and O–H groups in total. The second-order valence-electron chi connectivity index (χ2n) is 4.83. The number of hydrogen-bond acceptors (Lipinski definition) is 2. The molecule has 2 unspecified atom stereocenters. The minimum absolute atomic E-state index is 0.101. The van der Waals surface area contributed by atoms with Gasteiger partial charge in [-0.25, -0.2) is 4.39 Å². The summed E-state index contributed by atoms with van der Waals surface area (Å²) >= 11 is 0. The maximum absolute atomic E-state index is 14.0. The van der Waals surface area contributed by atoms with E-state index in [1.165, 1.54) is 0 Å². The fourth-order valence-electron chi connectivity index (χ4n) is 2.24.